The van der Waals surface area contributed by atoms with Crippen LogP contribution in [0.5, 0.6) is 0 Å². The number of thiophene rings is 1. The van der Waals surface area contributed by atoms with Crippen LogP contribution in [0.4, 0.5) is 0 Å². The number of carboxylic acid groups (broad SMARTS) is 1. The van der Waals surface area contributed by atoms with Crippen molar-refractivity contribution in [3.63, 3.8) is 0 Å². The van der Waals surface area contributed by atoms with Crippen LogP contribution in [0, 0.1) is 0 Å². The van der Waals surface area contributed by atoms with Gasteiger partial charge in [-0.25, -0.2) is 4.79 Å². The molecule has 4 nitrogen and oxygen atoms in total. The Morgan fingerprint density at radius 3 is 3.00 bits per heavy atom. The molecule has 0 bridgehead atoms. The van der Waals surface area contributed by atoms with Gasteiger partial charge in [-0.15, -0.1) is 23.1 Å². The summed E-state index contributed by atoms with van der Waals surface area (Å²) in [5.41, 5.74) is 0.185. The maximum absolute atomic E-state index is 11.4. The first-order chi connectivity index (χ1) is 8.16. The van der Waals surface area contributed by atoms with Gasteiger partial charge in [-0.05, 0) is 11.4 Å². The molecule has 2 aliphatic rings. The maximum atomic E-state index is 11.4. The second kappa shape index (κ2) is 3.89. The van der Waals surface area contributed by atoms with Crippen molar-refractivity contribution < 1.29 is 14.7 Å². The van der Waals surface area contributed by atoms with E-state index in [1.54, 1.807) is 11.3 Å². The number of amides is 1. The molecule has 1 atom stereocenters. The van der Waals surface area contributed by atoms with E-state index in [0.29, 0.717) is 12.8 Å². The molecule has 6 heteroatoms. The minimum Gasteiger partial charge on any atom is -0.477 e. The van der Waals surface area contributed by atoms with Crippen molar-refractivity contribution in [2.45, 2.75) is 18.2 Å². The fourth-order valence-electron chi connectivity index (χ4n) is 2.02. The normalized spacial score (nSPS) is 22.7. The van der Waals surface area contributed by atoms with E-state index in [2.05, 4.69) is 0 Å². The van der Waals surface area contributed by atoms with Gasteiger partial charge in [0.15, 0.2) is 0 Å². The highest BCUT2D eigenvalue weighted by Gasteiger charge is 2.48. The zero-order valence-electron chi connectivity index (χ0n) is 8.75. The summed E-state index contributed by atoms with van der Waals surface area (Å²) in [6.07, 6.45) is 1.07. The third-order valence-electron chi connectivity index (χ3n) is 2.81. The molecule has 0 spiro atoms. The molecule has 0 aliphatic carbocycles. The predicted molar refractivity (Wildman–Crippen MR) is 65.5 cm³/mol. The van der Waals surface area contributed by atoms with Crippen LogP contribution in [0.25, 0.3) is 0 Å². The first kappa shape index (κ1) is 10.9. The number of thioether (sulfide) groups is 1. The molecule has 0 aromatic carbocycles. The molecule has 1 aromatic heterocycles. The molecular formula is C11H9NO3S2. The molecule has 3 heterocycles. The van der Waals surface area contributed by atoms with Crippen LogP contribution in [-0.2, 0) is 16.0 Å². The number of hydrogen-bond donors (Lipinski definition) is 1. The highest BCUT2D eigenvalue weighted by Crippen LogP contribution is 2.47. The van der Waals surface area contributed by atoms with E-state index in [-0.39, 0.29) is 17.0 Å². The SMILES string of the molecule is O=C(O)C1=C(Cc2cccs2)S[C@@H]2CC(=O)N12. The van der Waals surface area contributed by atoms with Crippen LogP contribution in [-0.4, -0.2) is 27.3 Å². The largest absolute Gasteiger partial charge is 0.477 e. The summed E-state index contributed by atoms with van der Waals surface area (Å²) in [4.78, 5) is 25.9. The van der Waals surface area contributed by atoms with E-state index in [1.807, 2.05) is 17.5 Å². The lowest BCUT2D eigenvalue weighted by Gasteiger charge is -2.33. The molecule has 88 valence electrons. The number of rotatable bonds is 3. The standard InChI is InChI=1S/C11H9NO3S2/c13-8-5-9-12(8)10(11(14)15)7(17-9)4-6-2-1-3-16-6/h1-3,9H,4-5H2,(H,14,15)/t9-/m1/s1. The third kappa shape index (κ3) is 1.68. The number of aliphatic carboxylic acids is 1. The van der Waals surface area contributed by atoms with Gasteiger partial charge in [-0.3, -0.25) is 9.69 Å². The number of carbonyl (C=O) groups is 2. The van der Waals surface area contributed by atoms with Gasteiger partial charge in [0.05, 0.1) is 11.8 Å². The third-order valence-corrected chi connectivity index (χ3v) is 4.95. The lowest BCUT2D eigenvalue weighted by atomic mass is 10.1. The molecule has 1 fully saturated rings. The highest BCUT2D eigenvalue weighted by atomic mass is 32.2. The summed E-state index contributed by atoms with van der Waals surface area (Å²) in [5, 5.41) is 11.2. The molecule has 2 aliphatic heterocycles. The minimum absolute atomic E-state index is 0.0172. The Morgan fingerprint density at radius 2 is 2.41 bits per heavy atom. The van der Waals surface area contributed by atoms with E-state index in [4.69, 9.17) is 0 Å². The summed E-state index contributed by atoms with van der Waals surface area (Å²) < 4.78 is 0. The van der Waals surface area contributed by atoms with Crippen molar-refractivity contribution in [2.75, 3.05) is 0 Å². The molecule has 0 saturated carbocycles. The van der Waals surface area contributed by atoms with Crippen molar-refractivity contribution in [2.24, 2.45) is 0 Å². The van der Waals surface area contributed by atoms with Crippen LogP contribution in [0.3, 0.4) is 0 Å². The second-order valence-electron chi connectivity index (χ2n) is 3.87. The summed E-state index contributed by atoms with van der Waals surface area (Å²) in [6, 6.07) is 3.93. The van der Waals surface area contributed by atoms with E-state index < -0.39 is 5.97 Å². The van der Waals surface area contributed by atoms with Gasteiger partial charge in [-0.2, -0.15) is 0 Å². The van der Waals surface area contributed by atoms with Crippen LogP contribution in [0.2, 0.25) is 0 Å². The Kier molecular flexibility index (Phi) is 2.48. The average molecular weight is 267 g/mol. The second-order valence-corrected chi connectivity index (χ2v) is 6.18. The van der Waals surface area contributed by atoms with Gasteiger partial charge in [0.1, 0.15) is 5.70 Å². The molecule has 3 rings (SSSR count). The number of allylic oxidation sites excluding steroid dienone is 1. The molecule has 17 heavy (non-hydrogen) atoms. The Labute approximate surface area is 106 Å². The lowest BCUT2D eigenvalue weighted by Crippen LogP contribution is -2.48. The maximum Gasteiger partial charge on any atom is 0.353 e. The average Bonchev–Trinajstić information content (AvgIpc) is 2.84. The molecule has 1 amide bonds. The molecule has 1 aromatic rings. The zero-order valence-corrected chi connectivity index (χ0v) is 10.4. The first-order valence-corrected chi connectivity index (χ1v) is 6.90. The summed E-state index contributed by atoms with van der Waals surface area (Å²) in [5.74, 6) is -1.08. The Bertz CT molecular complexity index is 521. The molecule has 0 radical (unpaired) electrons. The van der Waals surface area contributed by atoms with Crippen molar-refractivity contribution >= 4 is 35.0 Å². The van der Waals surface area contributed by atoms with Crippen molar-refractivity contribution in [3.05, 3.63) is 33.0 Å². The fraction of sp³-hybridized carbons (Fsp3) is 0.273. The van der Waals surface area contributed by atoms with E-state index >= 15 is 0 Å². The quantitative estimate of drug-likeness (QED) is 0.850. The monoisotopic (exact) mass is 267 g/mol. The number of fused-ring (bicyclic) bond motifs is 1. The summed E-state index contributed by atoms with van der Waals surface area (Å²) in [6.45, 7) is 0. The molecule has 1 N–H and O–H groups in total. The van der Waals surface area contributed by atoms with E-state index in [1.165, 1.54) is 16.7 Å². The minimum atomic E-state index is -1.00. The van der Waals surface area contributed by atoms with Gasteiger partial charge < -0.3 is 5.11 Å². The van der Waals surface area contributed by atoms with Gasteiger partial charge in [0.2, 0.25) is 5.91 Å². The zero-order chi connectivity index (χ0) is 12.0. The summed E-state index contributed by atoms with van der Waals surface area (Å²) >= 11 is 3.11. The van der Waals surface area contributed by atoms with Crippen molar-refractivity contribution in [3.8, 4) is 0 Å². The van der Waals surface area contributed by atoms with Crippen LogP contribution >= 0.6 is 23.1 Å². The first-order valence-electron chi connectivity index (χ1n) is 5.14. The van der Waals surface area contributed by atoms with Crippen LogP contribution < -0.4 is 0 Å². The Balaban J connectivity index is 1.92. The van der Waals surface area contributed by atoms with Gasteiger partial charge >= 0.3 is 5.97 Å². The molecular weight excluding hydrogens is 258 g/mol. The van der Waals surface area contributed by atoms with Crippen LogP contribution in [0.15, 0.2) is 28.1 Å². The molecule has 0 unspecified atom stereocenters. The Hall–Kier alpha value is -1.27. The number of carbonyl (C=O) groups excluding carboxylic acids is 1. The number of β-lactam (4-membered cyclic amide) rings is 1. The van der Waals surface area contributed by atoms with E-state index in [0.717, 1.165) is 9.78 Å². The lowest BCUT2D eigenvalue weighted by molar-refractivity contribution is -0.145. The fourth-order valence-corrected chi connectivity index (χ4v) is 4.25. The van der Waals surface area contributed by atoms with Crippen molar-refractivity contribution in [1.29, 1.82) is 0 Å². The summed E-state index contributed by atoms with van der Waals surface area (Å²) in [7, 11) is 0. The van der Waals surface area contributed by atoms with Gasteiger partial charge in [0.25, 0.3) is 0 Å². The van der Waals surface area contributed by atoms with Crippen molar-refractivity contribution in [1.82, 2.24) is 4.90 Å². The smallest absolute Gasteiger partial charge is 0.353 e. The number of hydrogen-bond acceptors (Lipinski definition) is 4. The van der Waals surface area contributed by atoms with Gasteiger partial charge in [-0.1, -0.05) is 6.07 Å². The van der Waals surface area contributed by atoms with E-state index in [9.17, 15) is 14.7 Å². The topological polar surface area (TPSA) is 57.6 Å². The van der Waals surface area contributed by atoms with Gasteiger partial charge in [0, 0.05) is 16.2 Å². The Morgan fingerprint density at radius 1 is 1.59 bits per heavy atom. The highest BCUT2D eigenvalue weighted by molar-refractivity contribution is 8.04. The predicted octanol–water partition coefficient (Wildman–Crippen LogP) is 1.89. The van der Waals surface area contributed by atoms with Crippen LogP contribution in [0.1, 0.15) is 11.3 Å². The molecule has 1 saturated heterocycles. The number of nitrogens with zero attached hydrogens (tertiary/aromatic N) is 1. The number of carboxylic acids is 1.